The number of benzene rings is 1. The number of ether oxygens (including phenoxy) is 1. The minimum absolute atomic E-state index is 0.231. The maximum Gasteiger partial charge on any atom is 0.142 e. The monoisotopic (exact) mass is 205 g/mol. The van der Waals surface area contributed by atoms with Gasteiger partial charge in [-0.25, -0.2) is 0 Å². The molecule has 1 aliphatic heterocycles. The first-order chi connectivity index (χ1) is 7.04. The second-order valence-corrected chi connectivity index (χ2v) is 5.02. The van der Waals surface area contributed by atoms with E-state index in [4.69, 9.17) is 4.74 Å². The topological polar surface area (TPSA) is 21.3 Å². The Kier molecular flexibility index (Phi) is 2.37. The summed E-state index contributed by atoms with van der Waals surface area (Å²) in [6, 6.07) is 6.78. The average molecular weight is 205 g/mol. The standard InChI is InChI=1S/C13H19NO/c1-9-8-13(2,3)10-6-5-7-11(15-4)12(10)14-9/h5-7,9,14H,8H2,1-4H3. The lowest BCUT2D eigenvalue weighted by atomic mass is 9.75. The molecule has 2 rings (SSSR count). The Hall–Kier alpha value is -1.18. The summed E-state index contributed by atoms with van der Waals surface area (Å²) in [7, 11) is 1.73. The molecule has 1 aromatic carbocycles. The highest BCUT2D eigenvalue weighted by molar-refractivity contribution is 5.66. The maximum absolute atomic E-state index is 5.39. The number of anilines is 1. The number of nitrogens with one attached hydrogen (secondary N) is 1. The molecule has 0 aromatic heterocycles. The molecule has 1 N–H and O–H groups in total. The summed E-state index contributed by atoms with van der Waals surface area (Å²) in [6.45, 7) is 6.81. The van der Waals surface area contributed by atoms with Gasteiger partial charge < -0.3 is 10.1 Å². The van der Waals surface area contributed by atoms with E-state index in [-0.39, 0.29) is 5.41 Å². The largest absolute Gasteiger partial charge is 0.495 e. The number of para-hydroxylation sites is 1. The van der Waals surface area contributed by atoms with E-state index in [1.54, 1.807) is 7.11 Å². The quantitative estimate of drug-likeness (QED) is 0.760. The highest BCUT2D eigenvalue weighted by Gasteiger charge is 2.32. The van der Waals surface area contributed by atoms with Crippen molar-refractivity contribution < 1.29 is 4.74 Å². The predicted octanol–water partition coefficient (Wildman–Crippen LogP) is 3.18. The molecule has 1 unspecified atom stereocenters. The lowest BCUT2D eigenvalue weighted by molar-refractivity contribution is 0.399. The molecular formula is C13H19NO. The zero-order valence-corrected chi connectivity index (χ0v) is 9.92. The molecule has 0 fully saturated rings. The number of fused-ring (bicyclic) bond motifs is 1. The van der Waals surface area contributed by atoms with Gasteiger partial charge in [0.05, 0.1) is 12.8 Å². The fourth-order valence-electron chi connectivity index (χ4n) is 2.59. The Morgan fingerprint density at radius 2 is 2.13 bits per heavy atom. The fourth-order valence-corrected chi connectivity index (χ4v) is 2.59. The van der Waals surface area contributed by atoms with Crippen LogP contribution in [0.4, 0.5) is 5.69 Å². The summed E-state index contributed by atoms with van der Waals surface area (Å²) in [5.74, 6) is 0.951. The summed E-state index contributed by atoms with van der Waals surface area (Å²) >= 11 is 0. The van der Waals surface area contributed by atoms with Crippen LogP contribution in [0.3, 0.4) is 0 Å². The van der Waals surface area contributed by atoms with Crippen molar-refractivity contribution in [3.05, 3.63) is 23.8 Å². The summed E-state index contributed by atoms with van der Waals surface area (Å²) < 4.78 is 5.39. The molecule has 1 atom stereocenters. The molecule has 0 aliphatic carbocycles. The SMILES string of the molecule is COc1cccc2c1NC(C)CC2(C)C. The smallest absolute Gasteiger partial charge is 0.142 e. The normalized spacial score (nSPS) is 22.8. The lowest BCUT2D eigenvalue weighted by Crippen LogP contribution is -2.34. The molecule has 2 heteroatoms. The zero-order chi connectivity index (χ0) is 11.1. The highest BCUT2D eigenvalue weighted by Crippen LogP contribution is 2.43. The number of methoxy groups -OCH3 is 1. The molecule has 0 radical (unpaired) electrons. The first-order valence-corrected chi connectivity index (χ1v) is 5.48. The van der Waals surface area contributed by atoms with Gasteiger partial charge in [0.2, 0.25) is 0 Å². The first-order valence-electron chi connectivity index (χ1n) is 5.48. The summed E-state index contributed by atoms with van der Waals surface area (Å²) in [6.07, 6.45) is 1.16. The van der Waals surface area contributed by atoms with Crippen molar-refractivity contribution in [3.63, 3.8) is 0 Å². The van der Waals surface area contributed by atoms with Crippen LogP contribution in [-0.2, 0) is 5.41 Å². The molecule has 0 spiro atoms. The molecule has 0 saturated heterocycles. The molecule has 15 heavy (non-hydrogen) atoms. The van der Waals surface area contributed by atoms with Gasteiger partial charge in [-0.2, -0.15) is 0 Å². The van der Waals surface area contributed by atoms with Crippen molar-refractivity contribution in [1.82, 2.24) is 0 Å². The third-order valence-electron chi connectivity index (χ3n) is 3.18. The molecular weight excluding hydrogens is 186 g/mol. The van der Waals surface area contributed by atoms with Crippen molar-refractivity contribution in [2.45, 2.75) is 38.6 Å². The second-order valence-electron chi connectivity index (χ2n) is 5.02. The van der Waals surface area contributed by atoms with Crippen LogP contribution in [0.25, 0.3) is 0 Å². The van der Waals surface area contributed by atoms with Crippen LogP contribution in [-0.4, -0.2) is 13.2 Å². The van der Waals surface area contributed by atoms with Crippen LogP contribution >= 0.6 is 0 Å². The molecule has 82 valence electrons. The molecule has 1 aliphatic rings. The summed E-state index contributed by atoms with van der Waals surface area (Å²) in [5, 5.41) is 3.51. The molecule has 0 saturated carbocycles. The Morgan fingerprint density at radius 3 is 2.80 bits per heavy atom. The third-order valence-corrected chi connectivity index (χ3v) is 3.18. The summed E-state index contributed by atoms with van der Waals surface area (Å²) in [5.41, 5.74) is 2.76. The van der Waals surface area contributed by atoms with Crippen molar-refractivity contribution in [2.75, 3.05) is 12.4 Å². The Labute approximate surface area is 91.6 Å². The van der Waals surface area contributed by atoms with E-state index in [0.29, 0.717) is 6.04 Å². The Balaban J connectivity index is 2.55. The van der Waals surface area contributed by atoms with Crippen LogP contribution in [0.15, 0.2) is 18.2 Å². The fraction of sp³-hybridized carbons (Fsp3) is 0.538. The zero-order valence-electron chi connectivity index (χ0n) is 9.92. The van der Waals surface area contributed by atoms with Crippen LogP contribution in [0.5, 0.6) is 5.75 Å². The predicted molar refractivity (Wildman–Crippen MR) is 63.7 cm³/mol. The first kappa shape index (κ1) is 10.3. The van der Waals surface area contributed by atoms with Gasteiger partial charge in [0, 0.05) is 6.04 Å². The molecule has 1 aromatic rings. The van der Waals surface area contributed by atoms with Gasteiger partial charge in [0.1, 0.15) is 5.75 Å². The van der Waals surface area contributed by atoms with Gasteiger partial charge in [0.25, 0.3) is 0 Å². The van der Waals surface area contributed by atoms with Gasteiger partial charge >= 0.3 is 0 Å². The lowest BCUT2D eigenvalue weighted by Gasteiger charge is -2.37. The van der Waals surface area contributed by atoms with Crippen LogP contribution < -0.4 is 10.1 Å². The van der Waals surface area contributed by atoms with Crippen molar-refractivity contribution >= 4 is 5.69 Å². The van der Waals surface area contributed by atoms with Crippen molar-refractivity contribution in [2.24, 2.45) is 0 Å². The van der Waals surface area contributed by atoms with E-state index in [0.717, 1.165) is 12.2 Å². The molecule has 1 heterocycles. The highest BCUT2D eigenvalue weighted by atomic mass is 16.5. The van der Waals surface area contributed by atoms with Crippen LogP contribution in [0.2, 0.25) is 0 Å². The number of hydrogen-bond acceptors (Lipinski definition) is 2. The second kappa shape index (κ2) is 3.44. The summed E-state index contributed by atoms with van der Waals surface area (Å²) in [4.78, 5) is 0. The van der Waals surface area contributed by atoms with Crippen molar-refractivity contribution in [3.8, 4) is 5.75 Å². The molecule has 2 nitrogen and oxygen atoms in total. The average Bonchev–Trinajstić information content (AvgIpc) is 2.15. The number of rotatable bonds is 1. The van der Waals surface area contributed by atoms with E-state index >= 15 is 0 Å². The van der Waals surface area contributed by atoms with Gasteiger partial charge in [-0.3, -0.25) is 0 Å². The molecule has 0 amide bonds. The van der Waals surface area contributed by atoms with E-state index in [1.807, 2.05) is 6.07 Å². The van der Waals surface area contributed by atoms with E-state index < -0.39 is 0 Å². The van der Waals surface area contributed by atoms with E-state index in [2.05, 4.69) is 38.2 Å². The van der Waals surface area contributed by atoms with Gasteiger partial charge in [-0.1, -0.05) is 26.0 Å². The minimum atomic E-state index is 0.231. The Bertz CT molecular complexity index is 371. The third kappa shape index (κ3) is 1.69. The van der Waals surface area contributed by atoms with E-state index in [1.165, 1.54) is 11.3 Å². The Morgan fingerprint density at radius 1 is 1.40 bits per heavy atom. The van der Waals surface area contributed by atoms with Crippen LogP contribution in [0, 0.1) is 0 Å². The minimum Gasteiger partial charge on any atom is -0.495 e. The molecule has 0 bridgehead atoms. The van der Waals surface area contributed by atoms with Crippen LogP contribution in [0.1, 0.15) is 32.8 Å². The van der Waals surface area contributed by atoms with E-state index in [9.17, 15) is 0 Å². The maximum atomic E-state index is 5.39. The van der Waals surface area contributed by atoms with Crippen molar-refractivity contribution in [1.29, 1.82) is 0 Å². The van der Waals surface area contributed by atoms with Gasteiger partial charge in [0.15, 0.2) is 0 Å². The number of hydrogen-bond donors (Lipinski definition) is 1. The van der Waals surface area contributed by atoms with Gasteiger partial charge in [-0.05, 0) is 30.4 Å². The van der Waals surface area contributed by atoms with Gasteiger partial charge in [-0.15, -0.1) is 0 Å².